The number of hydrogen-bond donors (Lipinski definition) is 2. The van der Waals surface area contributed by atoms with Crippen molar-refractivity contribution in [2.24, 2.45) is 4.99 Å². The van der Waals surface area contributed by atoms with Gasteiger partial charge in [0.15, 0.2) is 11.8 Å². The summed E-state index contributed by atoms with van der Waals surface area (Å²) in [5.74, 6) is 2.89. The maximum absolute atomic E-state index is 4.68. The second-order valence-corrected chi connectivity index (χ2v) is 6.77. The molecule has 0 fully saturated rings. The number of nitrogens with zero attached hydrogens (tertiary/aromatic N) is 6. The first-order valence-corrected chi connectivity index (χ1v) is 9.61. The normalized spacial score (nSPS) is 14.3. The molecule has 1 aliphatic heterocycles. The van der Waals surface area contributed by atoms with Crippen LogP contribution in [-0.4, -0.2) is 43.6 Å². The van der Waals surface area contributed by atoms with Gasteiger partial charge in [0, 0.05) is 38.3 Å². The Hall–Kier alpha value is -2.38. The van der Waals surface area contributed by atoms with Gasteiger partial charge in [-0.1, -0.05) is 0 Å². The van der Waals surface area contributed by atoms with Crippen LogP contribution in [0.3, 0.4) is 0 Å². The standard InChI is InChI=1S/C18H30N8/c1-4-19-18(20-9-7-11-26-15(3)12-14(2)24-26)21-13-17-23-22-16-8-5-6-10-25(16)17/h12H,4-11,13H2,1-3H3,(H2,19,20,21). The van der Waals surface area contributed by atoms with Gasteiger partial charge in [-0.15, -0.1) is 10.2 Å². The average molecular weight is 358 g/mol. The lowest BCUT2D eigenvalue weighted by atomic mass is 10.2. The van der Waals surface area contributed by atoms with Crippen LogP contribution in [0.15, 0.2) is 11.1 Å². The predicted molar refractivity (Wildman–Crippen MR) is 102 cm³/mol. The zero-order valence-electron chi connectivity index (χ0n) is 16.1. The van der Waals surface area contributed by atoms with Crippen molar-refractivity contribution < 1.29 is 0 Å². The molecule has 0 spiro atoms. The monoisotopic (exact) mass is 358 g/mol. The smallest absolute Gasteiger partial charge is 0.191 e. The highest BCUT2D eigenvalue weighted by atomic mass is 15.3. The van der Waals surface area contributed by atoms with Crippen LogP contribution in [-0.2, 0) is 26.1 Å². The Bertz CT molecular complexity index is 742. The lowest BCUT2D eigenvalue weighted by Crippen LogP contribution is -2.38. The van der Waals surface area contributed by atoms with Gasteiger partial charge in [0.25, 0.3) is 0 Å². The highest BCUT2D eigenvalue weighted by molar-refractivity contribution is 5.79. The SMILES string of the molecule is CCNC(=NCc1nnc2n1CCCC2)NCCCn1nc(C)cc1C. The third-order valence-corrected chi connectivity index (χ3v) is 4.60. The highest BCUT2D eigenvalue weighted by Gasteiger charge is 2.15. The summed E-state index contributed by atoms with van der Waals surface area (Å²) in [5, 5.41) is 19.8. The van der Waals surface area contributed by atoms with E-state index in [9.17, 15) is 0 Å². The molecule has 8 nitrogen and oxygen atoms in total. The molecule has 0 amide bonds. The molecule has 0 saturated heterocycles. The molecule has 2 N–H and O–H groups in total. The van der Waals surface area contributed by atoms with E-state index in [4.69, 9.17) is 0 Å². The first-order chi connectivity index (χ1) is 12.7. The highest BCUT2D eigenvalue weighted by Crippen LogP contribution is 2.14. The van der Waals surface area contributed by atoms with Crippen molar-refractivity contribution in [1.82, 2.24) is 35.2 Å². The summed E-state index contributed by atoms with van der Waals surface area (Å²) < 4.78 is 4.28. The Morgan fingerprint density at radius 2 is 2.12 bits per heavy atom. The molecule has 142 valence electrons. The van der Waals surface area contributed by atoms with E-state index in [1.165, 1.54) is 18.5 Å². The Labute approximate surface area is 155 Å². The zero-order chi connectivity index (χ0) is 18.4. The molecular formula is C18H30N8. The van der Waals surface area contributed by atoms with Crippen molar-refractivity contribution >= 4 is 5.96 Å². The fourth-order valence-electron chi connectivity index (χ4n) is 3.31. The fraction of sp³-hybridized carbons (Fsp3) is 0.667. The van der Waals surface area contributed by atoms with Gasteiger partial charge in [-0.25, -0.2) is 4.99 Å². The topological polar surface area (TPSA) is 85.0 Å². The van der Waals surface area contributed by atoms with Crippen molar-refractivity contribution in [2.45, 2.75) is 66.1 Å². The third kappa shape index (κ3) is 4.62. The first kappa shape index (κ1) is 18.4. The first-order valence-electron chi connectivity index (χ1n) is 9.61. The molecule has 3 heterocycles. The largest absolute Gasteiger partial charge is 0.357 e. The summed E-state index contributed by atoms with van der Waals surface area (Å²) in [6.07, 6.45) is 4.43. The van der Waals surface area contributed by atoms with E-state index < -0.39 is 0 Å². The number of aryl methyl sites for hydroxylation is 4. The summed E-state index contributed by atoms with van der Waals surface area (Å²) in [7, 11) is 0. The van der Waals surface area contributed by atoms with Crippen molar-refractivity contribution in [3.8, 4) is 0 Å². The van der Waals surface area contributed by atoms with Gasteiger partial charge in [0.1, 0.15) is 12.4 Å². The van der Waals surface area contributed by atoms with Gasteiger partial charge >= 0.3 is 0 Å². The summed E-state index contributed by atoms with van der Waals surface area (Å²) in [4.78, 5) is 4.68. The Morgan fingerprint density at radius 3 is 2.88 bits per heavy atom. The van der Waals surface area contributed by atoms with Crippen LogP contribution < -0.4 is 10.6 Å². The van der Waals surface area contributed by atoms with E-state index in [2.05, 4.69) is 60.1 Å². The van der Waals surface area contributed by atoms with E-state index in [1.807, 2.05) is 6.92 Å². The molecule has 0 atom stereocenters. The van der Waals surface area contributed by atoms with Gasteiger partial charge in [-0.2, -0.15) is 5.10 Å². The Kier molecular flexibility index (Phi) is 6.25. The van der Waals surface area contributed by atoms with Crippen molar-refractivity contribution in [3.05, 3.63) is 29.1 Å². The van der Waals surface area contributed by atoms with E-state index in [0.717, 1.165) is 62.3 Å². The lowest BCUT2D eigenvalue weighted by molar-refractivity contribution is 0.508. The van der Waals surface area contributed by atoms with Gasteiger partial charge in [0.2, 0.25) is 0 Å². The van der Waals surface area contributed by atoms with Gasteiger partial charge in [0.05, 0.1) is 5.69 Å². The Morgan fingerprint density at radius 1 is 1.23 bits per heavy atom. The van der Waals surface area contributed by atoms with E-state index in [-0.39, 0.29) is 0 Å². The summed E-state index contributed by atoms with van der Waals surface area (Å²) in [5.41, 5.74) is 2.28. The second-order valence-electron chi connectivity index (χ2n) is 6.77. The molecule has 0 bridgehead atoms. The number of nitrogens with one attached hydrogen (secondary N) is 2. The van der Waals surface area contributed by atoms with Gasteiger partial charge in [-0.05, 0) is 46.1 Å². The minimum absolute atomic E-state index is 0.555. The molecule has 2 aromatic heterocycles. The number of aliphatic imine (C=N–C) groups is 1. The van der Waals surface area contributed by atoms with Crippen molar-refractivity contribution in [3.63, 3.8) is 0 Å². The van der Waals surface area contributed by atoms with Crippen LogP contribution in [0.5, 0.6) is 0 Å². The molecule has 1 aliphatic rings. The van der Waals surface area contributed by atoms with Crippen LogP contribution in [0, 0.1) is 13.8 Å². The molecule has 26 heavy (non-hydrogen) atoms. The molecule has 3 rings (SSSR count). The average Bonchev–Trinajstić information content (AvgIpc) is 3.19. The van der Waals surface area contributed by atoms with Crippen LogP contribution in [0.25, 0.3) is 0 Å². The maximum atomic E-state index is 4.68. The fourth-order valence-corrected chi connectivity index (χ4v) is 3.31. The zero-order valence-corrected chi connectivity index (χ0v) is 16.1. The number of aromatic nitrogens is 5. The summed E-state index contributed by atoms with van der Waals surface area (Å²) in [6.45, 7) is 10.4. The number of guanidine groups is 1. The Balaban J connectivity index is 1.51. The predicted octanol–water partition coefficient (Wildman–Crippen LogP) is 1.57. The van der Waals surface area contributed by atoms with Crippen LogP contribution in [0.2, 0.25) is 0 Å². The number of rotatable bonds is 7. The number of fused-ring (bicyclic) bond motifs is 1. The molecule has 8 heteroatoms. The number of hydrogen-bond acceptors (Lipinski definition) is 4. The van der Waals surface area contributed by atoms with Crippen LogP contribution in [0.1, 0.15) is 49.2 Å². The molecule has 0 saturated carbocycles. The molecular weight excluding hydrogens is 328 g/mol. The third-order valence-electron chi connectivity index (χ3n) is 4.60. The maximum Gasteiger partial charge on any atom is 0.191 e. The van der Waals surface area contributed by atoms with E-state index in [1.54, 1.807) is 0 Å². The minimum atomic E-state index is 0.555. The molecule has 2 aromatic rings. The van der Waals surface area contributed by atoms with Crippen molar-refractivity contribution in [2.75, 3.05) is 13.1 Å². The van der Waals surface area contributed by atoms with Gasteiger partial charge < -0.3 is 15.2 Å². The quantitative estimate of drug-likeness (QED) is 0.446. The van der Waals surface area contributed by atoms with Gasteiger partial charge in [-0.3, -0.25) is 4.68 Å². The lowest BCUT2D eigenvalue weighted by Gasteiger charge is -2.14. The summed E-state index contributed by atoms with van der Waals surface area (Å²) >= 11 is 0. The van der Waals surface area contributed by atoms with E-state index in [0.29, 0.717) is 6.54 Å². The summed E-state index contributed by atoms with van der Waals surface area (Å²) in [6, 6.07) is 2.11. The minimum Gasteiger partial charge on any atom is -0.357 e. The second kappa shape index (κ2) is 8.82. The molecule has 0 radical (unpaired) electrons. The molecule has 0 unspecified atom stereocenters. The molecule has 0 aromatic carbocycles. The van der Waals surface area contributed by atoms with E-state index >= 15 is 0 Å². The van der Waals surface area contributed by atoms with Crippen molar-refractivity contribution in [1.29, 1.82) is 0 Å². The van der Waals surface area contributed by atoms with Crippen LogP contribution in [0.4, 0.5) is 0 Å². The molecule has 0 aliphatic carbocycles. The van der Waals surface area contributed by atoms with Crippen LogP contribution >= 0.6 is 0 Å².